The van der Waals surface area contributed by atoms with Gasteiger partial charge in [0.1, 0.15) is 6.29 Å². The van der Waals surface area contributed by atoms with Crippen molar-refractivity contribution < 1.29 is 14.6 Å². The molecule has 1 N–H and O–H groups in total. The number of hydrogen-bond donors (Lipinski definition) is 1. The van der Waals surface area contributed by atoms with E-state index in [1.807, 2.05) is 0 Å². The number of methoxy groups -OCH3 is 1. The summed E-state index contributed by atoms with van der Waals surface area (Å²) >= 11 is 5.97. The summed E-state index contributed by atoms with van der Waals surface area (Å²) < 4.78 is 5.05. The molecule has 0 unspecified atom stereocenters. The fourth-order valence-electron chi connectivity index (χ4n) is 1.42. The average Bonchev–Trinajstić information content (AvgIpc) is 2.22. The summed E-state index contributed by atoms with van der Waals surface area (Å²) in [5.41, 5.74) is 1.33. The molecule has 0 amide bonds. The van der Waals surface area contributed by atoms with Crippen LogP contribution in [0.15, 0.2) is 6.07 Å². The minimum absolute atomic E-state index is 0.0706. The van der Waals surface area contributed by atoms with Crippen LogP contribution in [0.2, 0.25) is 5.02 Å². The normalized spacial score (nSPS) is 10.1. The first-order valence-electron chi connectivity index (χ1n) is 4.60. The van der Waals surface area contributed by atoms with Gasteiger partial charge in [0.25, 0.3) is 0 Å². The number of phenols is 1. The van der Waals surface area contributed by atoms with Crippen molar-refractivity contribution in [2.75, 3.05) is 7.11 Å². The van der Waals surface area contributed by atoms with Gasteiger partial charge in [-0.3, -0.25) is 0 Å². The predicted molar refractivity (Wildman–Crippen MR) is 58.8 cm³/mol. The Labute approximate surface area is 93.6 Å². The van der Waals surface area contributed by atoms with Crippen molar-refractivity contribution >= 4 is 17.9 Å². The smallest absolute Gasteiger partial charge is 0.165 e. The third-order valence-corrected chi connectivity index (χ3v) is 2.65. The van der Waals surface area contributed by atoms with E-state index in [4.69, 9.17) is 16.3 Å². The van der Waals surface area contributed by atoms with E-state index in [0.29, 0.717) is 34.7 Å². The van der Waals surface area contributed by atoms with Crippen molar-refractivity contribution in [2.45, 2.75) is 19.8 Å². The largest absolute Gasteiger partial charge is 0.504 e. The highest BCUT2D eigenvalue weighted by atomic mass is 35.5. The Morgan fingerprint density at radius 1 is 1.60 bits per heavy atom. The first-order chi connectivity index (χ1) is 7.11. The molecule has 3 nitrogen and oxygen atoms in total. The van der Waals surface area contributed by atoms with E-state index in [2.05, 4.69) is 0 Å². The SMILES string of the molecule is COc1c(C)c(Cl)cc(CCC=O)c1O. The number of carbonyl (C=O) groups is 1. The monoisotopic (exact) mass is 228 g/mol. The lowest BCUT2D eigenvalue weighted by molar-refractivity contribution is -0.107. The molecule has 0 heterocycles. The third kappa shape index (κ3) is 2.42. The molecule has 0 aliphatic heterocycles. The quantitative estimate of drug-likeness (QED) is 0.806. The fourth-order valence-corrected chi connectivity index (χ4v) is 1.63. The van der Waals surface area contributed by atoms with Crippen LogP contribution in [0.25, 0.3) is 0 Å². The highest BCUT2D eigenvalue weighted by Crippen LogP contribution is 2.38. The van der Waals surface area contributed by atoms with Gasteiger partial charge in [-0.2, -0.15) is 0 Å². The molecule has 1 aromatic carbocycles. The Morgan fingerprint density at radius 2 is 2.27 bits per heavy atom. The second kappa shape index (κ2) is 5.03. The zero-order chi connectivity index (χ0) is 11.4. The van der Waals surface area contributed by atoms with Gasteiger partial charge in [-0.05, 0) is 25.0 Å². The second-order valence-electron chi connectivity index (χ2n) is 3.23. The number of phenolic OH excluding ortho intramolecular Hbond substituents is 1. The van der Waals surface area contributed by atoms with Crippen LogP contribution in [0, 0.1) is 6.92 Å². The lowest BCUT2D eigenvalue weighted by atomic mass is 10.1. The van der Waals surface area contributed by atoms with Crippen molar-refractivity contribution in [1.29, 1.82) is 0 Å². The number of carbonyl (C=O) groups excluding carboxylic acids is 1. The van der Waals surface area contributed by atoms with Crippen LogP contribution in [0.1, 0.15) is 17.5 Å². The molecule has 0 radical (unpaired) electrons. The number of hydrogen-bond acceptors (Lipinski definition) is 3. The molecule has 1 aromatic rings. The molecular formula is C11H13ClO3. The summed E-state index contributed by atoms with van der Waals surface area (Å²) in [4.78, 5) is 10.2. The van der Waals surface area contributed by atoms with E-state index >= 15 is 0 Å². The van der Waals surface area contributed by atoms with Crippen LogP contribution in [0.4, 0.5) is 0 Å². The zero-order valence-electron chi connectivity index (χ0n) is 8.71. The van der Waals surface area contributed by atoms with Crippen molar-refractivity contribution in [2.24, 2.45) is 0 Å². The van der Waals surface area contributed by atoms with Crippen molar-refractivity contribution in [3.05, 3.63) is 22.2 Å². The minimum atomic E-state index is 0.0706. The lowest BCUT2D eigenvalue weighted by Gasteiger charge is -2.12. The number of ether oxygens (including phenoxy) is 1. The fraction of sp³-hybridized carbons (Fsp3) is 0.364. The highest BCUT2D eigenvalue weighted by molar-refractivity contribution is 6.31. The van der Waals surface area contributed by atoms with Crippen LogP contribution < -0.4 is 4.74 Å². The van der Waals surface area contributed by atoms with Gasteiger partial charge in [0.2, 0.25) is 0 Å². The first kappa shape index (κ1) is 11.9. The van der Waals surface area contributed by atoms with Gasteiger partial charge < -0.3 is 14.6 Å². The molecule has 1 rings (SSSR count). The van der Waals surface area contributed by atoms with Gasteiger partial charge in [-0.1, -0.05) is 11.6 Å². The average molecular weight is 229 g/mol. The van der Waals surface area contributed by atoms with Gasteiger partial charge in [-0.25, -0.2) is 0 Å². The summed E-state index contributed by atoms with van der Waals surface area (Å²) in [7, 11) is 1.47. The second-order valence-corrected chi connectivity index (χ2v) is 3.64. The molecule has 82 valence electrons. The summed E-state index contributed by atoms with van der Waals surface area (Å²) in [6, 6.07) is 1.66. The molecule has 0 saturated heterocycles. The molecule has 0 aliphatic rings. The molecule has 0 spiro atoms. The minimum Gasteiger partial charge on any atom is -0.504 e. The molecule has 0 atom stereocenters. The van der Waals surface area contributed by atoms with Crippen molar-refractivity contribution in [3.8, 4) is 11.5 Å². The molecule has 0 aliphatic carbocycles. The zero-order valence-corrected chi connectivity index (χ0v) is 9.47. The molecule has 15 heavy (non-hydrogen) atoms. The van der Waals surface area contributed by atoms with E-state index in [1.54, 1.807) is 13.0 Å². The molecule has 0 fully saturated rings. The maximum absolute atomic E-state index is 10.2. The van der Waals surface area contributed by atoms with Crippen LogP contribution in [0.5, 0.6) is 11.5 Å². The first-order valence-corrected chi connectivity index (χ1v) is 4.98. The highest BCUT2D eigenvalue weighted by Gasteiger charge is 2.14. The topological polar surface area (TPSA) is 46.5 Å². The predicted octanol–water partition coefficient (Wildman–Crippen LogP) is 2.49. The Balaban J connectivity index is 3.17. The number of aromatic hydroxyl groups is 1. The molecule has 0 bridgehead atoms. The summed E-state index contributed by atoms with van der Waals surface area (Å²) in [6.07, 6.45) is 1.63. The van der Waals surface area contributed by atoms with Gasteiger partial charge >= 0.3 is 0 Å². The van der Waals surface area contributed by atoms with E-state index in [0.717, 1.165) is 6.29 Å². The maximum atomic E-state index is 10.2. The van der Waals surface area contributed by atoms with E-state index in [-0.39, 0.29) is 5.75 Å². The summed E-state index contributed by atoms with van der Waals surface area (Å²) in [6.45, 7) is 1.77. The van der Waals surface area contributed by atoms with Crippen molar-refractivity contribution in [3.63, 3.8) is 0 Å². The molecule has 0 saturated carbocycles. The van der Waals surface area contributed by atoms with Crippen LogP contribution >= 0.6 is 11.6 Å². The summed E-state index contributed by atoms with van der Waals surface area (Å²) in [5, 5.41) is 10.4. The molecular weight excluding hydrogens is 216 g/mol. The number of aldehydes is 1. The van der Waals surface area contributed by atoms with Gasteiger partial charge in [0.05, 0.1) is 7.11 Å². The van der Waals surface area contributed by atoms with Crippen LogP contribution in [-0.4, -0.2) is 18.5 Å². The lowest BCUT2D eigenvalue weighted by Crippen LogP contribution is -1.94. The number of halogens is 1. The Morgan fingerprint density at radius 3 is 2.80 bits per heavy atom. The molecule has 0 aromatic heterocycles. The van der Waals surface area contributed by atoms with Crippen LogP contribution in [-0.2, 0) is 11.2 Å². The Bertz CT molecular complexity index is 375. The number of rotatable bonds is 4. The van der Waals surface area contributed by atoms with Gasteiger partial charge in [0.15, 0.2) is 11.5 Å². The maximum Gasteiger partial charge on any atom is 0.165 e. The summed E-state index contributed by atoms with van der Waals surface area (Å²) in [5.74, 6) is 0.449. The van der Waals surface area contributed by atoms with Gasteiger partial charge in [-0.15, -0.1) is 0 Å². The Kier molecular flexibility index (Phi) is 3.97. The number of aryl methyl sites for hydroxylation is 1. The standard InChI is InChI=1S/C11H13ClO3/c1-7-9(12)6-8(4-3-5-13)10(14)11(7)15-2/h5-6,14H,3-4H2,1-2H3. The van der Waals surface area contributed by atoms with Crippen LogP contribution in [0.3, 0.4) is 0 Å². The van der Waals surface area contributed by atoms with E-state index in [9.17, 15) is 9.90 Å². The Hall–Kier alpha value is -1.22. The molecule has 4 heteroatoms. The van der Waals surface area contributed by atoms with Gasteiger partial charge in [0, 0.05) is 17.0 Å². The van der Waals surface area contributed by atoms with E-state index < -0.39 is 0 Å². The number of benzene rings is 1. The van der Waals surface area contributed by atoms with Crippen molar-refractivity contribution in [1.82, 2.24) is 0 Å². The van der Waals surface area contributed by atoms with E-state index in [1.165, 1.54) is 7.11 Å². The third-order valence-electron chi connectivity index (χ3n) is 2.25.